The summed E-state index contributed by atoms with van der Waals surface area (Å²) in [5.41, 5.74) is 1.20. The van der Waals surface area contributed by atoms with Gasteiger partial charge >= 0.3 is 0 Å². The summed E-state index contributed by atoms with van der Waals surface area (Å²) in [7, 11) is 0. The number of halogens is 3. The molecule has 0 bridgehead atoms. The van der Waals surface area contributed by atoms with Crippen LogP contribution in [0.15, 0.2) is 18.2 Å². The van der Waals surface area contributed by atoms with Crippen LogP contribution in [0.1, 0.15) is 37.7 Å². The minimum Gasteiger partial charge on any atom is -0.123 e. The van der Waals surface area contributed by atoms with Crippen molar-refractivity contribution in [3.05, 3.63) is 33.8 Å². The van der Waals surface area contributed by atoms with Crippen LogP contribution >= 0.6 is 34.8 Å². The lowest BCUT2D eigenvalue weighted by Crippen LogP contribution is -2.09. The Kier molecular flexibility index (Phi) is 5.02. The molecule has 94 valence electrons. The van der Waals surface area contributed by atoms with E-state index in [4.69, 9.17) is 34.8 Å². The maximum Gasteiger partial charge on any atom is 0.0452 e. The van der Waals surface area contributed by atoms with E-state index in [0.29, 0.717) is 16.3 Å². The minimum atomic E-state index is 0.341. The number of benzene rings is 1. The average Bonchev–Trinajstić information content (AvgIpc) is 2.47. The van der Waals surface area contributed by atoms with E-state index in [9.17, 15) is 0 Å². The fourth-order valence-electron chi connectivity index (χ4n) is 2.58. The van der Waals surface area contributed by atoms with Gasteiger partial charge in [-0.05, 0) is 42.9 Å². The summed E-state index contributed by atoms with van der Waals surface area (Å²) >= 11 is 18.4. The molecule has 0 N–H and O–H groups in total. The molecule has 0 amide bonds. The second-order valence-electron chi connectivity index (χ2n) is 4.92. The fourth-order valence-corrected chi connectivity index (χ4v) is 3.47. The molecule has 1 aliphatic rings. The molecule has 3 heteroatoms. The Morgan fingerprint density at radius 3 is 2.65 bits per heavy atom. The van der Waals surface area contributed by atoms with Gasteiger partial charge in [0, 0.05) is 15.4 Å². The van der Waals surface area contributed by atoms with Gasteiger partial charge in [0.1, 0.15) is 0 Å². The molecule has 2 atom stereocenters. The molecular formula is C14H17Cl3. The standard InChI is InChI=1S/C14H17Cl3/c15-12-4-2-1-3-10(8-12)7-11-5-6-13(16)9-14(11)17/h5-6,9-10,12H,1-4,7-8H2. The summed E-state index contributed by atoms with van der Waals surface area (Å²) in [6, 6.07) is 5.78. The fraction of sp³-hybridized carbons (Fsp3) is 0.571. The van der Waals surface area contributed by atoms with Gasteiger partial charge in [-0.3, -0.25) is 0 Å². The van der Waals surface area contributed by atoms with Crippen molar-refractivity contribution in [1.29, 1.82) is 0 Å². The molecule has 1 aliphatic carbocycles. The highest BCUT2D eigenvalue weighted by molar-refractivity contribution is 6.35. The third-order valence-electron chi connectivity index (χ3n) is 3.49. The maximum absolute atomic E-state index is 6.29. The van der Waals surface area contributed by atoms with Crippen LogP contribution in [0.5, 0.6) is 0 Å². The zero-order valence-corrected chi connectivity index (χ0v) is 12.0. The molecule has 0 saturated heterocycles. The maximum atomic E-state index is 6.29. The van der Waals surface area contributed by atoms with Crippen molar-refractivity contribution in [2.24, 2.45) is 5.92 Å². The van der Waals surface area contributed by atoms with Gasteiger partial charge in [-0.15, -0.1) is 11.6 Å². The predicted molar refractivity (Wildman–Crippen MR) is 76.4 cm³/mol. The molecule has 0 aliphatic heterocycles. The summed E-state index contributed by atoms with van der Waals surface area (Å²) < 4.78 is 0. The molecule has 1 aromatic carbocycles. The molecule has 1 saturated carbocycles. The third kappa shape index (κ3) is 4.05. The number of hydrogen-bond donors (Lipinski definition) is 0. The monoisotopic (exact) mass is 290 g/mol. The van der Waals surface area contributed by atoms with Crippen LogP contribution in [0.25, 0.3) is 0 Å². The Labute approximate surface area is 118 Å². The second kappa shape index (κ2) is 6.31. The Hall–Kier alpha value is 0.0900. The van der Waals surface area contributed by atoms with E-state index in [2.05, 4.69) is 0 Å². The van der Waals surface area contributed by atoms with Gasteiger partial charge in [0.05, 0.1) is 0 Å². The number of alkyl halides is 1. The topological polar surface area (TPSA) is 0 Å². The zero-order valence-electron chi connectivity index (χ0n) is 9.76. The summed E-state index contributed by atoms with van der Waals surface area (Å²) in [6.07, 6.45) is 7.12. The van der Waals surface area contributed by atoms with Crippen molar-refractivity contribution in [3.8, 4) is 0 Å². The second-order valence-corrected chi connectivity index (χ2v) is 6.38. The van der Waals surface area contributed by atoms with Crippen molar-refractivity contribution in [1.82, 2.24) is 0 Å². The van der Waals surface area contributed by atoms with E-state index in [1.807, 2.05) is 18.2 Å². The van der Waals surface area contributed by atoms with Gasteiger partial charge in [0.15, 0.2) is 0 Å². The molecular weight excluding hydrogens is 275 g/mol. The lowest BCUT2D eigenvalue weighted by molar-refractivity contribution is 0.460. The lowest BCUT2D eigenvalue weighted by Gasteiger charge is -2.16. The highest BCUT2D eigenvalue weighted by Gasteiger charge is 2.19. The highest BCUT2D eigenvalue weighted by Crippen LogP contribution is 2.31. The minimum absolute atomic E-state index is 0.341. The molecule has 0 radical (unpaired) electrons. The first-order chi connectivity index (χ1) is 8.15. The Morgan fingerprint density at radius 1 is 1.12 bits per heavy atom. The lowest BCUT2D eigenvalue weighted by atomic mass is 9.92. The van der Waals surface area contributed by atoms with Crippen LogP contribution in [-0.4, -0.2) is 5.38 Å². The molecule has 1 fully saturated rings. The van der Waals surface area contributed by atoms with Crippen molar-refractivity contribution in [3.63, 3.8) is 0 Å². The molecule has 2 unspecified atom stereocenters. The smallest absolute Gasteiger partial charge is 0.0452 e. The van der Waals surface area contributed by atoms with Gasteiger partial charge in [0.2, 0.25) is 0 Å². The predicted octanol–water partition coefficient (Wildman–Crippen LogP) is 5.72. The SMILES string of the molecule is Clc1ccc(CC2CCCCC(Cl)C2)c(Cl)c1. The summed E-state index contributed by atoms with van der Waals surface area (Å²) in [5, 5.41) is 1.83. The molecule has 0 heterocycles. The quantitative estimate of drug-likeness (QED) is 0.482. The van der Waals surface area contributed by atoms with E-state index in [0.717, 1.165) is 24.3 Å². The zero-order chi connectivity index (χ0) is 12.3. The molecule has 1 aromatic rings. The average molecular weight is 292 g/mol. The van der Waals surface area contributed by atoms with Crippen LogP contribution in [-0.2, 0) is 6.42 Å². The largest absolute Gasteiger partial charge is 0.123 e. The van der Waals surface area contributed by atoms with Crippen LogP contribution in [0.3, 0.4) is 0 Å². The van der Waals surface area contributed by atoms with Crippen molar-refractivity contribution in [2.45, 2.75) is 43.9 Å². The van der Waals surface area contributed by atoms with Crippen molar-refractivity contribution < 1.29 is 0 Å². The first kappa shape index (κ1) is 13.5. The summed E-state index contributed by atoms with van der Waals surface area (Å²) in [4.78, 5) is 0. The van der Waals surface area contributed by atoms with E-state index >= 15 is 0 Å². The Balaban J connectivity index is 2.03. The van der Waals surface area contributed by atoms with Crippen LogP contribution in [0.2, 0.25) is 10.0 Å². The van der Waals surface area contributed by atoms with Crippen LogP contribution < -0.4 is 0 Å². The van der Waals surface area contributed by atoms with Crippen LogP contribution in [0, 0.1) is 5.92 Å². The van der Waals surface area contributed by atoms with Crippen LogP contribution in [0.4, 0.5) is 0 Å². The Bertz CT molecular complexity index is 376. The molecule has 17 heavy (non-hydrogen) atoms. The highest BCUT2D eigenvalue weighted by atomic mass is 35.5. The third-order valence-corrected chi connectivity index (χ3v) is 4.48. The van der Waals surface area contributed by atoms with Gasteiger partial charge in [-0.2, -0.15) is 0 Å². The van der Waals surface area contributed by atoms with E-state index in [1.165, 1.54) is 24.8 Å². The normalized spacial score (nSPS) is 25.6. The first-order valence-electron chi connectivity index (χ1n) is 6.23. The number of rotatable bonds is 2. The first-order valence-corrected chi connectivity index (χ1v) is 7.42. The van der Waals surface area contributed by atoms with E-state index < -0.39 is 0 Å². The molecule has 0 aromatic heterocycles. The molecule has 2 rings (SSSR count). The van der Waals surface area contributed by atoms with Crippen molar-refractivity contribution in [2.75, 3.05) is 0 Å². The summed E-state index contributed by atoms with van der Waals surface area (Å²) in [5.74, 6) is 0.665. The molecule has 0 spiro atoms. The van der Waals surface area contributed by atoms with Gasteiger partial charge in [0.25, 0.3) is 0 Å². The van der Waals surface area contributed by atoms with E-state index in [-0.39, 0.29) is 0 Å². The van der Waals surface area contributed by atoms with Crippen molar-refractivity contribution >= 4 is 34.8 Å². The summed E-state index contributed by atoms with van der Waals surface area (Å²) in [6.45, 7) is 0. The van der Waals surface area contributed by atoms with Gasteiger partial charge in [-0.25, -0.2) is 0 Å². The van der Waals surface area contributed by atoms with E-state index in [1.54, 1.807) is 0 Å². The van der Waals surface area contributed by atoms with Gasteiger partial charge in [-0.1, -0.05) is 48.5 Å². The van der Waals surface area contributed by atoms with Gasteiger partial charge < -0.3 is 0 Å². The number of hydrogen-bond acceptors (Lipinski definition) is 0. The molecule has 0 nitrogen and oxygen atoms in total. The Morgan fingerprint density at radius 2 is 1.88 bits per heavy atom.